The lowest BCUT2D eigenvalue weighted by Crippen LogP contribution is -2.48. The maximum absolute atomic E-state index is 12.0. The fraction of sp³-hybridized carbons (Fsp3) is 0.895. The minimum absolute atomic E-state index is 0.0486. The van der Waals surface area contributed by atoms with Crippen LogP contribution in [-0.2, 0) is 9.53 Å². The van der Waals surface area contributed by atoms with Gasteiger partial charge in [-0.2, -0.15) is 0 Å². The average molecular weight is 369 g/mol. The predicted molar refractivity (Wildman–Crippen MR) is 102 cm³/mol. The van der Waals surface area contributed by atoms with Gasteiger partial charge in [-0.1, -0.05) is 33.1 Å². The summed E-state index contributed by atoms with van der Waals surface area (Å²) >= 11 is 0. The highest BCUT2D eigenvalue weighted by Gasteiger charge is 2.21. The third-order valence-electron chi connectivity index (χ3n) is 4.95. The molecule has 0 aromatic rings. The number of nitrogens with zero attached hydrogens (tertiary/aromatic N) is 1. The highest BCUT2D eigenvalue weighted by atomic mass is 16.5. The maximum atomic E-state index is 12.0. The zero-order chi connectivity index (χ0) is 18.8. The van der Waals surface area contributed by atoms with Crippen LogP contribution in [0.1, 0.15) is 52.4 Å². The molecule has 1 aliphatic carbocycles. The van der Waals surface area contributed by atoms with Crippen molar-refractivity contribution in [3.8, 4) is 0 Å². The Labute approximate surface area is 157 Å². The third kappa shape index (κ3) is 8.36. The van der Waals surface area contributed by atoms with Crippen LogP contribution in [0.25, 0.3) is 0 Å². The normalized spacial score (nSPS) is 22.2. The van der Waals surface area contributed by atoms with Gasteiger partial charge in [0.1, 0.15) is 0 Å². The number of carbonyl (C=O) groups excluding carboxylic acids is 2. The van der Waals surface area contributed by atoms with E-state index in [0.29, 0.717) is 25.4 Å². The van der Waals surface area contributed by atoms with Crippen molar-refractivity contribution in [1.82, 2.24) is 20.9 Å². The average Bonchev–Trinajstić information content (AvgIpc) is 2.60. The first-order valence-corrected chi connectivity index (χ1v) is 10.2. The molecule has 0 spiro atoms. The summed E-state index contributed by atoms with van der Waals surface area (Å²) < 4.78 is 5.73. The van der Waals surface area contributed by atoms with Crippen LogP contribution in [0.2, 0.25) is 0 Å². The Hall–Kier alpha value is -1.34. The van der Waals surface area contributed by atoms with E-state index < -0.39 is 0 Å². The molecule has 7 nitrogen and oxygen atoms in total. The Morgan fingerprint density at radius 2 is 1.92 bits per heavy atom. The van der Waals surface area contributed by atoms with Gasteiger partial charge in [0.15, 0.2) is 0 Å². The van der Waals surface area contributed by atoms with E-state index in [2.05, 4.69) is 34.7 Å². The molecule has 0 aromatic carbocycles. The van der Waals surface area contributed by atoms with Crippen LogP contribution in [0, 0.1) is 5.92 Å². The summed E-state index contributed by atoms with van der Waals surface area (Å²) in [7, 11) is 0. The molecule has 2 aliphatic rings. The van der Waals surface area contributed by atoms with Gasteiger partial charge in [-0.05, 0) is 18.8 Å². The molecule has 2 rings (SSSR count). The summed E-state index contributed by atoms with van der Waals surface area (Å²) in [5, 5.41) is 8.69. The number of morpholine rings is 1. The van der Waals surface area contributed by atoms with Crippen LogP contribution in [0.3, 0.4) is 0 Å². The van der Waals surface area contributed by atoms with Crippen molar-refractivity contribution in [3.63, 3.8) is 0 Å². The molecule has 0 radical (unpaired) electrons. The van der Waals surface area contributed by atoms with Crippen LogP contribution >= 0.6 is 0 Å². The number of ether oxygens (including phenoxy) is 1. The lowest BCUT2D eigenvalue weighted by molar-refractivity contribution is -0.122. The Morgan fingerprint density at radius 1 is 1.15 bits per heavy atom. The summed E-state index contributed by atoms with van der Waals surface area (Å²) in [6.45, 7) is 8.91. The van der Waals surface area contributed by atoms with Crippen molar-refractivity contribution in [2.75, 3.05) is 39.3 Å². The van der Waals surface area contributed by atoms with Crippen molar-refractivity contribution in [2.24, 2.45) is 5.92 Å². The molecule has 26 heavy (non-hydrogen) atoms. The first-order valence-electron chi connectivity index (χ1n) is 10.2. The quantitative estimate of drug-likeness (QED) is 0.606. The molecule has 150 valence electrons. The standard InChI is InChI=1S/C19H36N4O3/c1-15(2)13-23-10-11-26-17(14-23)12-21-18(24)8-9-20-19(25)22-16-6-4-3-5-7-16/h15-17H,3-14H2,1-2H3,(H,21,24)(H2,20,22,25). The van der Waals surface area contributed by atoms with Gasteiger partial charge in [0.2, 0.25) is 5.91 Å². The first-order chi connectivity index (χ1) is 12.5. The number of urea groups is 1. The first kappa shape index (κ1) is 21.0. The van der Waals surface area contributed by atoms with Crippen LogP contribution in [-0.4, -0.2) is 68.3 Å². The Bertz CT molecular complexity index is 439. The second-order valence-corrected chi connectivity index (χ2v) is 7.94. The van der Waals surface area contributed by atoms with Gasteiger partial charge in [0, 0.05) is 45.2 Å². The number of nitrogens with one attached hydrogen (secondary N) is 3. The van der Waals surface area contributed by atoms with Gasteiger partial charge in [0.25, 0.3) is 0 Å². The maximum Gasteiger partial charge on any atom is 0.315 e. The molecule has 7 heteroatoms. The lowest BCUT2D eigenvalue weighted by Gasteiger charge is -2.33. The Balaban J connectivity index is 1.53. The highest BCUT2D eigenvalue weighted by molar-refractivity contribution is 5.78. The minimum Gasteiger partial charge on any atom is -0.374 e. The fourth-order valence-electron chi connectivity index (χ4n) is 3.68. The van der Waals surface area contributed by atoms with E-state index >= 15 is 0 Å². The van der Waals surface area contributed by atoms with Crippen LogP contribution < -0.4 is 16.0 Å². The van der Waals surface area contributed by atoms with E-state index in [1.54, 1.807) is 0 Å². The highest BCUT2D eigenvalue weighted by Crippen LogP contribution is 2.17. The molecular weight excluding hydrogens is 332 g/mol. The molecule has 3 N–H and O–H groups in total. The van der Waals surface area contributed by atoms with Gasteiger partial charge < -0.3 is 20.7 Å². The van der Waals surface area contributed by atoms with Gasteiger partial charge in [0.05, 0.1) is 12.7 Å². The molecule has 0 bridgehead atoms. The predicted octanol–water partition coefficient (Wildman–Crippen LogP) is 1.48. The number of hydrogen-bond acceptors (Lipinski definition) is 4. The van der Waals surface area contributed by atoms with Crippen molar-refractivity contribution >= 4 is 11.9 Å². The molecule has 1 aliphatic heterocycles. The smallest absolute Gasteiger partial charge is 0.315 e. The third-order valence-corrected chi connectivity index (χ3v) is 4.95. The van der Waals surface area contributed by atoms with Gasteiger partial charge in [-0.25, -0.2) is 4.79 Å². The number of rotatable bonds is 8. The molecule has 2 fully saturated rings. The Morgan fingerprint density at radius 3 is 2.65 bits per heavy atom. The summed E-state index contributed by atoms with van der Waals surface area (Å²) in [6.07, 6.45) is 6.09. The molecule has 1 saturated heterocycles. The van der Waals surface area contributed by atoms with Crippen molar-refractivity contribution < 1.29 is 14.3 Å². The van der Waals surface area contributed by atoms with E-state index in [1.165, 1.54) is 19.3 Å². The minimum atomic E-state index is -0.162. The topological polar surface area (TPSA) is 82.7 Å². The summed E-state index contributed by atoms with van der Waals surface area (Å²) in [6, 6.07) is 0.124. The molecule has 1 atom stereocenters. The Kier molecular flexibility index (Phi) is 9.18. The van der Waals surface area contributed by atoms with E-state index in [9.17, 15) is 9.59 Å². The SMILES string of the molecule is CC(C)CN1CCOC(CNC(=O)CCNC(=O)NC2CCCCC2)C1. The summed E-state index contributed by atoms with van der Waals surface area (Å²) in [4.78, 5) is 26.2. The van der Waals surface area contributed by atoms with Crippen molar-refractivity contribution in [3.05, 3.63) is 0 Å². The van der Waals surface area contributed by atoms with E-state index in [1.807, 2.05) is 0 Å². The molecule has 1 unspecified atom stereocenters. The number of carbonyl (C=O) groups is 2. The van der Waals surface area contributed by atoms with Gasteiger partial charge >= 0.3 is 6.03 Å². The van der Waals surface area contributed by atoms with E-state index in [-0.39, 0.29) is 24.1 Å². The second kappa shape index (κ2) is 11.4. The number of amides is 3. The van der Waals surface area contributed by atoms with Crippen molar-refractivity contribution in [1.29, 1.82) is 0 Å². The largest absolute Gasteiger partial charge is 0.374 e. The zero-order valence-electron chi connectivity index (χ0n) is 16.4. The van der Waals surface area contributed by atoms with Gasteiger partial charge in [-0.15, -0.1) is 0 Å². The fourth-order valence-corrected chi connectivity index (χ4v) is 3.68. The van der Waals surface area contributed by atoms with Crippen LogP contribution in [0.5, 0.6) is 0 Å². The van der Waals surface area contributed by atoms with Gasteiger partial charge in [-0.3, -0.25) is 9.69 Å². The monoisotopic (exact) mass is 368 g/mol. The summed E-state index contributed by atoms with van der Waals surface area (Å²) in [5.41, 5.74) is 0. The van der Waals surface area contributed by atoms with Crippen LogP contribution in [0.4, 0.5) is 4.79 Å². The van der Waals surface area contributed by atoms with Crippen molar-refractivity contribution in [2.45, 2.75) is 64.5 Å². The molecule has 3 amide bonds. The van der Waals surface area contributed by atoms with Crippen LogP contribution in [0.15, 0.2) is 0 Å². The summed E-state index contributed by atoms with van der Waals surface area (Å²) in [5.74, 6) is 0.585. The van der Waals surface area contributed by atoms with E-state index in [4.69, 9.17) is 4.74 Å². The second-order valence-electron chi connectivity index (χ2n) is 7.94. The zero-order valence-corrected chi connectivity index (χ0v) is 16.4. The number of hydrogen-bond donors (Lipinski definition) is 3. The molecule has 1 heterocycles. The molecule has 0 aromatic heterocycles. The lowest BCUT2D eigenvalue weighted by atomic mass is 9.96. The molecular formula is C19H36N4O3. The molecule has 1 saturated carbocycles. The van der Waals surface area contributed by atoms with E-state index in [0.717, 1.165) is 39.1 Å².